The third-order valence-corrected chi connectivity index (χ3v) is 15.5. The van der Waals surface area contributed by atoms with E-state index in [4.69, 9.17) is 9.47 Å². The second-order valence-electron chi connectivity index (χ2n) is 22.9. The molecule has 79 heavy (non-hydrogen) atoms. The Balaban J connectivity index is 2.17. The van der Waals surface area contributed by atoms with E-state index in [1.807, 2.05) is 0 Å². The number of ether oxygens (including phenoxy) is 2. The Kier molecular flexibility index (Phi) is 55.1. The Hall–Kier alpha value is -2.63. The predicted octanol–water partition coefficient (Wildman–Crippen LogP) is 17.7. The summed E-state index contributed by atoms with van der Waals surface area (Å²) in [5, 5.41) is 54.9. The van der Waals surface area contributed by atoms with Crippen molar-refractivity contribution in [3.8, 4) is 0 Å². The van der Waals surface area contributed by atoms with Crippen LogP contribution in [-0.4, -0.2) is 87.5 Å². The maximum Gasteiger partial charge on any atom is 0.220 e. The zero-order valence-electron chi connectivity index (χ0n) is 51.1. The monoisotopic (exact) mass is 1110 g/mol. The van der Waals surface area contributed by atoms with Crippen LogP contribution in [0.2, 0.25) is 0 Å². The molecule has 0 spiro atoms. The number of amides is 1. The molecule has 9 nitrogen and oxygen atoms in total. The van der Waals surface area contributed by atoms with Crippen molar-refractivity contribution < 1.29 is 39.8 Å². The molecule has 7 unspecified atom stereocenters. The lowest BCUT2D eigenvalue weighted by atomic mass is 9.99. The zero-order valence-corrected chi connectivity index (χ0v) is 51.1. The van der Waals surface area contributed by atoms with Crippen LogP contribution in [0.25, 0.3) is 0 Å². The van der Waals surface area contributed by atoms with Crippen LogP contribution in [0.5, 0.6) is 0 Å². The molecule has 0 radical (unpaired) electrons. The molecule has 1 aliphatic heterocycles. The summed E-state index contributed by atoms with van der Waals surface area (Å²) >= 11 is 0. The van der Waals surface area contributed by atoms with E-state index in [2.05, 4.69) is 104 Å². The molecule has 9 heteroatoms. The average molecular weight is 1110 g/mol. The fraction of sp³-hybridized carbons (Fsp3) is 0.786. The number of aliphatic hydroxyl groups is 5. The number of carbonyl (C=O) groups excluding carboxylic acids is 1. The molecule has 0 saturated carbocycles. The molecule has 1 heterocycles. The van der Waals surface area contributed by atoms with Gasteiger partial charge in [-0.1, -0.05) is 304 Å². The molecule has 1 rings (SSSR count). The number of allylic oxidation sites excluding steroid dienone is 14. The molecule has 0 aromatic heterocycles. The van der Waals surface area contributed by atoms with Gasteiger partial charge in [0.25, 0.3) is 0 Å². The number of hydrogen-bond acceptors (Lipinski definition) is 8. The minimum Gasteiger partial charge on any atom is -0.394 e. The number of aliphatic hydroxyl groups excluding tert-OH is 5. The van der Waals surface area contributed by atoms with Gasteiger partial charge >= 0.3 is 0 Å². The van der Waals surface area contributed by atoms with Gasteiger partial charge in [0.15, 0.2) is 6.29 Å². The lowest BCUT2D eigenvalue weighted by molar-refractivity contribution is -0.302. The number of rotatable bonds is 57. The van der Waals surface area contributed by atoms with Crippen molar-refractivity contribution in [2.75, 3.05) is 13.2 Å². The summed E-state index contributed by atoms with van der Waals surface area (Å²) in [5.74, 6) is -0.163. The molecular weight excluding hydrogens is 983 g/mol. The van der Waals surface area contributed by atoms with E-state index >= 15 is 0 Å². The van der Waals surface area contributed by atoms with E-state index in [-0.39, 0.29) is 12.5 Å². The van der Waals surface area contributed by atoms with Crippen LogP contribution in [0.3, 0.4) is 0 Å². The van der Waals surface area contributed by atoms with Crippen LogP contribution in [0, 0.1) is 0 Å². The zero-order chi connectivity index (χ0) is 57.2. The highest BCUT2D eigenvalue weighted by atomic mass is 16.7. The van der Waals surface area contributed by atoms with Crippen LogP contribution < -0.4 is 5.32 Å². The molecule has 0 aliphatic carbocycles. The van der Waals surface area contributed by atoms with Gasteiger partial charge in [-0.25, -0.2) is 0 Å². The maximum atomic E-state index is 13.1. The smallest absolute Gasteiger partial charge is 0.220 e. The standard InChI is InChI=1S/C70H125NO8/c1-3-5-7-9-11-13-15-17-19-21-23-25-27-29-31-32-34-35-37-39-41-43-45-47-49-51-53-55-57-59-64(73)63(62-78-70-69(77)68(76)67(75)65(61-72)79-70)71-66(74)60-58-56-54-52-50-48-46-44-42-40-38-36-33-30-28-26-24-22-20-18-16-14-12-10-8-6-4-2/h6,8,12,14,18,20,24,26,30,33,38,40,44,46,63-65,67-70,72-73,75-77H,3-5,7,9-11,13,15-17,19,21-23,25,27-29,31-32,34-37,39,41-43,45,47-62H2,1-2H3,(H,71,74)/b8-6-,14-12-,20-18-,26-24-,33-30-,40-38-,46-44-. The van der Waals surface area contributed by atoms with Gasteiger partial charge in [0.05, 0.1) is 25.4 Å². The average Bonchev–Trinajstić information content (AvgIpc) is 3.47. The summed E-state index contributed by atoms with van der Waals surface area (Å²) in [5.41, 5.74) is 0. The van der Waals surface area contributed by atoms with E-state index in [9.17, 15) is 30.3 Å². The lowest BCUT2D eigenvalue weighted by Crippen LogP contribution is -2.60. The Labute approximate surface area is 486 Å². The van der Waals surface area contributed by atoms with E-state index < -0.39 is 49.5 Å². The van der Waals surface area contributed by atoms with Gasteiger partial charge in [-0.05, 0) is 70.6 Å². The number of hydrogen-bond donors (Lipinski definition) is 6. The van der Waals surface area contributed by atoms with Crippen LogP contribution in [0.1, 0.15) is 296 Å². The van der Waals surface area contributed by atoms with Gasteiger partial charge in [0.1, 0.15) is 24.4 Å². The Bertz CT molecular complexity index is 1520. The molecule has 7 atom stereocenters. The minimum absolute atomic E-state index is 0.150. The van der Waals surface area contributed by atoms with Crippen LogP contribution in [-0.2, 0) is 14.3 Å². The highest BCUT2D eigenvalue weighted by molar-refractivity contribution is 5.76. The molecule has 458 valence electrons. The SMILES string of the molecule is CC/C=C\C/C=C\C/C=C\C/C=C\C/C=C\C/C=C\C/C=C\CCCCCCCC(=O)NC(COC1OC(CO)C(O)C(O)C1O)C(O)CCCCCCCCCCCCCCCCCCCCCCCCCCCCCCC. The fourth-order valence-electron chi connectivity index (χ4n) is 10.3. The highest BCUT2D eigenvalue weighted by Crippen LogP contribution is 2.23. The van der Waals surface area contributed by atoms with Crippen molar-refractivity contribution in [2.24, 2.45) is 0 Å². The Morgan fingerprint density at radius 3 is 1.16 bits per heavy atom. The van der Waals surface area contributed by atoms with Crippen molar-refractivity contribution in [3.05, 3.63) is 85.1 Å². The summed E-state index contributed by atoms with van der Waals surface area (Å²) in [7, 11) is 0. The van der Waals surface area contributed by atoms with Crippen molar-refractivity contribution >= 4 is 5.91 Å². The molecule has 1 fully saturated rings. The Morgan fingerprint density at radius 2 is 0.785 bits per heavy atom. The first-order valence-corrected chi connectivity index (χ1v) is 33.3. The van der Waals surface area contributed by atoms with Gasteiger partial charge in [0, 0.05) is 6.42 Å². The largest absolute Gasteiger partial charge is 0.394 e. The van der Waals surface area contributed by atoms with Crippen molar-refractivity contribution in [2.45, 2.75) is 339 Å². The molecular formula is C70H125NO8. The molecule has 0 aromatic rings. The topological polar surface area (TPSA) is 149 Å². The fourth-order valence-corrected chi connectivity index (χ4v) is 10.3. The van der Waals surface area contributed by atoms with Crippen molar-refractivity contribution in [1.29, 1.82) is 0 Å². The molecule has 0 bridgehead atoms. The third-order valence-electron chi connectivity index (χ3n) is 15.5. The summed E-state index contributed by atoms with van der Waals surface area (Å²) in [6, 6.07) is -0.738. The van der Waals surface area contributed by atoms with Gasteiger partial charge < -0.3 is 40.3 Å². The van der Waals surface area contributed by atoms with E-state index in [1.165, 1.54) is 167 Å². The Morgan fingerprint density at radius 1 is 0.443 bits per heavy atom. The van der Waals surface area contributed by atoms with E-state index in [0.717, 1.165) is 103 Å². The first kappa shape index (κ1) is 74.4. The van der Waals surface area contributed by atoms with E-state index in [0.29, 0.717) is 12.8 Å². The third kappa shape index (κ3) is 47.6. The second-order valence-corrected chi connectivity index (χ2v) is 22.9. The highest BCUT2D eigenvalue weighted by Gasteiger charge is 2.44. The summed E-state index contributed by atoms with van der Waals surface area (Å²) < 4.78 is 11.3. The van der Waals surface area contributed by atoms with Crippen molar-refractivity contribution in [3.63, 3.8) is 0 Å². The van der Waals surface area contributed by atoms with Gasteiger partial charge in [-0.2, -0.15) is 0 Å². The molecule has 1 saturated heterocycles. The van der Waals surface area contributed by atoms with Crippen LogP contribution in [0.15, 0.2) is 85.1 Å². The van der Waals surface area contributed by atoms with Crippen molar-refractivity contribution in [1.82, 2.24) is 5.32 Å². The van der Waals surface area contributed by atoms with Crippen LogP contribution in [0.4, 0.5) is 0 Å². The second kappa shape index (κ2) is 58.6. The molecule has 1 amide bonds. The summed E-state index contributed by atoms with van der Waals surface area (Å²) in [6.07, 6.45) is 76.3. The first-order valence-electron chi connectivity index (χ1n) is 33.3. The molecule has 0 aromatic carbocycles. The number of carbonyl (C=O) groups is 1. The predicted molar refractivity (Wildman–Crippen MR) is 336 cm³/mol. The quantitative estimate of drug-likeness (QED) is 0.0261. The van der Waals surface area contributed by atoms with Gasteiger partial charge in [-0.3, -0.25) is 4.79 Å². The van der Waals surface area contributed by atoms with Crippen LogP contribution >= 0.6 is 0 Å². The number of unbranched alkanes of at least 4 members (excludes halogenated alkanes) is 33. The molecule has 6 N–H and O–H groups in total. The maximum absolute atomic E-state index is 13.1. The minimum atomic E-state index is -1.56. The normalized spacial score (nSPS) is 19.1. The first-order chi connectivity index (χ1) is 38.8. The van der Waals surface area contributed by atoms with Gasteiger partial charge in [0.2, 0.25) is 5.91 Å². The lowest BCUT2D eigenvalue weighted by Gasteiger charge is -2.40. The number of nitrogens with one attached hydrogen (secondary N) is 1. The van der Waals surface area contributed by atoms with Gasteiger partial charge in [-0.15, -0.1) is 0 Å². The summed E-state index contributed by atoms with van der Waals surface area (Å²) in [4.78, 5) is 13.1. The molecule has 1 aliphatic rings. The summed E-state index contributed by atoms with van der Waals surface area (Å²) in [6.45, 7) is 3.74. The van der Waals surface area contributed by atoms with E-state index in [1.54, 1.807) is 0 Å².